The number of rotatable bonds is 4. The first-order valence-corrected chi connectivity index (χ1v) is 9.45. The van der Waals surface area contributed by atoms with Crippen molar-refractivity contribution in [2.75, 3.05) is 17.8 Å². The minimum Gasteiger partial charge on any atom is -0.337 e. The van der Waals surface area contributed by atoms with Gasteiger partial charge in [0.1, 0.15) is 11.9 Å². The number of nitrogens with zero attached hydrogens (tertiary/aromatic N) is 4. The van der Waals surface area contributed by atoms with Gasteiger partial charge in [-0.2, -0.15) is 0 Å². The monoisotopic (exact) mass is 382 g/mol. The molecular formula is C18H18N6O2S. The summed E-state index contributed by atoms with van der Waals surface area (Å²) in [7, 11) is 1.68. The van der Waals surface area contributed by atoms with Gasteiger partial charge in [-0.15, -0.1) is 22.0 Å². The van der Waals surface area contributed by atoms with Crippen molar-refractivity contribution in [2.24, 2.45) is 0 Å². The lowest BCUT2D eigenvalue weighted by atomic mass is 10.1. The maximum atomic E-state index is 12.6. The number of aromatic nitrogens is 4. The van der Waals surface area contributed by atoms with Crippen LogP contribution < -0.4 is 10.3 Å². The van der Waals surface area contributed by atoms with Crippen LogP contribution in [-0.2, 0) is 11.2 Å². The van der Waals surface area contributed by atoms with Gasteiger partial charge < -0.3 is 10.3 Å². The Morgan fingerprint density at radius 2 is 2.07 bits per heavy atom. The molecule has 4 rings (SSSR count). The van der Waals surface area contributed by atoms with Gasteiger partial charge in [-0.05, 0) is 17.7 Å². The molecule has 2 amide bonds. The molecule has 1 aliphatic heterocycles. The van der Waals surface area contributed by atoms with Gasteiger partial charge in [-0.25, -0.2) is 0 Å². The molecule has 1 atom stereocenters. The van der Waals surface area contributed by atoms with Gasteiger partial charge in [0, 0.05) is 25.4 Å². The van der Waals surface area contributed by atoms with E-state index in [2.05, 4.69) is 20.5 Å². The Morgan fingerprint density at radius 1 is 1.26 bits per heavy atom. The van der Waals surface area contributed by atoms with Crippen LogP contribution in [0.5, 0.6) is 0 Å². The number of amides is 2. The highest BCUT2D eigenvalue weighted by Gasteiger charge is 2.30. The molecule has 9 heteroatoms. The molecule has 0 fully saturated rings. The Bertz CT molecular complexity index is 967. The van der Waals surface area contributed by atoms with E-state index in [0.717, 1.165) is 10.6 Å². The summed E-state index contributed by atoms with van der Waals surface area (Å²) >= 11 is 1.52. The van der Waals surface area contributed by atoms with E-state index in [4.69, 9.17) is 0 Å². The van der Waals surface area contributed by atoms with Gasteiger partial charge in [0.2, 0.25) is 5.82 Å². The van der Waals surface area contributed by atoms with Crippen LogP contribution in [-0.4, -0.2) is 50.5 Å². The average Bonchev–Trinajstić information content (AvgIpc) is 3.32. The van der Waals surface area contributed by atoms with Gasteiger partial charge in [0.15, 0.2) is 0 Å². The molecule has 0 aliphatic carbocycles. The number of thioether (sulfide) groups is 1. The van der Waals surface area contributed by atoms with Crippen molar-refractivity contribution in [1.29, 1.82) is 0 Å². The zero-order valence-electron chi connectivity index (χ0n) is 14.6. The van der Waals surface area contributed by atoms with Crippen molar-refractivity contribution < 1.29 is 9.59 Å². The molecule has 2 N–H and O–H groups in total. The molecular weight excluding hydrogens is 364 g/mol. The first-order chi connectivity index (χ1) is 13.1. The molecule has 0 unspecified atom stereocenters. The highest BCUT2D eigenvalue weighted by atomic mass is 32.2. The number of benzene rings is 1. The van der Waals surface area contributed by atoms with Crippen LogP contribution in [0.2, 0.25) is 0 Å². The summed E-state index contributed by atoms with van der Waals surface area (Å²) in [6, 6.07) is 13.0. The van der Waals surface area contributed by atoms with E-state index in [1.807, 2.05) is 48.7 Å². The maximum Gasteiger partial charge on any atom is 0.289 e. The van der Waals surface area contributed by atoms with Crippen LogP contribution in [0.4, 0.5) is 0 Å². The third-order valence-electron chi connectivity index (χ3n) is 4.30. The van der Waals surface area contributed by atoms with Crippen molar-refractivity contribution >= 4 is 23.6 Å². The van der Waals surface area contributed by atoms with E-state index >= 15 is 0 Å². The third-order valence-corrected chi connectivity index (χ3v) is 5.42. The standard InChI is InChI=1S/C18H18N6O2S/c1-23-18(26)13(11-27-15-8-5-9-24(15)23)19-17(25)16-20-14(21-22-16)10-12-6-3-2-4-7-12/h2-9,13H,10-11H2,1H3,(H,19,25)(H,20,21,22)/t13-/m0/s1. The Labute approximate surface area is 159 Å². The Morgan fingerprint density at radius 3 is 2.89 bits per heavy atom. The number of H-pyrrole nitrogens is 1. The molecule has 3 heterocycles. The molecule has 138 valence electrons. The topological polar surface area (TPSA) is 95.9 Å². The smallest absolute Gasteiger partial charge is 0.289 e. The first-order valence-electron chi connectivity index (χ1n) is 8.46. The van der Waals surface area contributed by atoms with Gasteiger partial charge in [0.25, 0.3) is 11.8 Å². The van der Waals surface area contributed by atoms with Gasteiger partial charge in [0.05, 0.1) is 5.03 Å². The summed E-state index contributed by atoms with van der Waals surface area (Å²) in [5.74, 6) is 0.519. The number of fused-ring (bicyclic) bond motifs is 1. The molecule has 0 saturated heterocycles. The number of likely N-dealkylation sites (N-methyl/N-ethyl adjacent to an activating group) is 1. The van der Waals surface area contributed by atoms with Crippen molar-refractivity contribution in [3.8, 4) is 0 Å². The average molecular weight is 382 g/mol. The summed E-state index contributed by atoms with van der Waals surface area (Å²) in [5.41, 5.74) is 1.07. The zero-order valence-corrected chi connectivity index (χ0v) is 15.4. The van der Waals surface area contributed by atoms with E-state index in [1.54, 1.807) is 11.7 Å². The second-order valence-electron chi connectivity index (χ2n) is 6.17. The second kappa shape index (κ2) is 7.28. The van der Waals surface area contributed by atoms with Crippen LogP contribution >= 0.6 is 11.8 Å². The van der Waals surface area contributed by atoms with Crippen molar-refractivity contribution in [1.82, 2.24) is 25.2 Å². The Hall–Kier alpha value is -3.07. The fourth-order valence-electron chi connectivity index (χ4n) is 2.89. The largest absolute Gasteiger partial charge is 0.337 e. The molecule has 27 heavy (non-hydrogen) atoms. The quantitative estimate of drug-likeness (QED) is 0.707. The van der Waals surface area contributed by atoms with E-state index in [-0.39, 0.29) is 11.7 Å². The van der Waals surface area contributed by atoms with Gasteiger partial charge in [-0.1, -0.05) is 30.3 Å². The van der Waals surface area contributed by atoms with Crippen molar-refractivity contribution in [2.45, 2.75) is 17.5 Å². The molecule has 1 aliphatic rings. The van der Waals surface area contributed by atoms with Crippen molar-refractivity contribution in [3.63, 3.8) is 0 Å². The summed E-state index contributed by atoms with van der Waals surface area (Å²) in [5, 5.41) is 13.2. The van der Waals surface area contributed by atoms with Crippen LogP contribution in [0, 0.1) is 0 Å². The van der Waals surface area contributed by atoms with Gasteiger partial charge >= 0.3 is 0 Å². The number of carbonyl (C=O) groups is 2. The number of hydrogen-bond acceptors (Lipinski definition) is 5. The minimum absolute atomic E-state index is 0.102. The fraction of sp³-hybridized carbons (Fsp3) is 0.222. The van der Waals surface area contributed by atoms with Crippen LogP contribution in [0.25, 0.3) is 0 Å². The second-order valence-corrected chi connectivity index (χ2v) is 7.21. The van der Waals surface area contributed by atoms with Crippen LogP contribution in [0.15, 0.2) is 53.7 Å². The van der Waals surface area contributed by atoms with Gasteiger partial charge in [-0.3, -0.25) is 19.3 Å². The summed E-state index contributed by atoms with van der Waals surface area (Å²) < 4.78 is 1.77. The summed E-state index contributed by atoms with van der Waals surface area (Å²) in [6.45, 7) is 0. The van der Waals surface area contributed by atoms with Crippen LogP contribution in [0.3, 0.4) is 0 Å². The van der Waals surface area contributed by atoms with E-state index in [0.29, 0.717) is 18.0 Å². The molecule has 8 nitrogen and oxygen atoms in total. The molecule has 1 aromatic carbocycles. The fourth-order valence-corrected chi connectivity index (χ4v) is 3.94. The molecule has 0 radical (unpaired) electrons. The number of carbonyl (C=O) groups excluding carboxylic acids is 2. The zero-order chi connectivity index (χ0) is 18.8. The number of aromatic amines is 1. The van der Waals surface area contributed by atoms with E-state index in [9.17, 15) is 9.59 Å². The van der Waals surface area contributed by atoms with Crippen molar-refractivity contribution in [3.05, 3.63) is 65.9 Å². The molecule has 0 saturated carbocycles. The first kappa shape index (κ1) is 17.3. The predicted octanol–water partition coefficient (Wildman–Crippen LogP) is 1.20. The lowest BCUT2D eigenvalue weighted by Crippen LogP contribution is -2.51. The molecule has 3 aromatic rings. The number of nitrogens with one attached hydrogen (secondary N) is 2. The Kier molecular flexibility index (Phi) is 4.68. The van der Waals surface area contributed by atoms with E-state index in [1.165, 1.54) is 16.8 Å². The normalized spacial score (nSPS) is 16.7. The highest BCUT2D eigenvalue weighted by Crippen LogP contribution is 2.23. The SMILES string of the molecule is CN1C(=O)[C@@H](NC(=O)c2nnc(Cc3ccccc3)[nH]2)CSc2cccn21. The molecule has 0 bridgehead atoms. The lowest BCUT2D eigenvalue weighted by molar-refractivity contribution is -0.121. The third kappa shape index (κ3) is 3.59. The minimum atomic E-state index is -0.643. The summed E-state index contributed by atoms with van der Waals surface area (Å²) in [6.07, 6.45) is 2.37. The molecule has 2 aromatic heterocycles. The predicted molar refractivity (Wildman–Crippen MR) is 101 cm³/mol. The molecule has 0 spiro atoms. The Balaban J connectivity index is 1.43. The van der Waals surface area contributed by atoms with Crippen LogP contribution in [0.1, 0.15) is 22.0 Å². The summed E-state index contributed by atoms with van der Waals surface area (Å²) in [4.78, 5) is 28.1. The van der Waals surface area contributed by atoms with E-state index < -0.39 is 11.9 Å². The maximum absolute atomic E-state index is 12.6. The highest BCUT2D eigenvalue weighted by molar-refractivity contribution is 7.99. The lowest BCUT2D eigenvalue weighted by Gasteiger charge is -2.21. The number of hydrogen-bond donors (Lipinski definition) is 2.